The summed E-state index contributed by atoms with van der Waals surface area (Å²) in [6, 6.07) is 6.16. The van der Waals surface area contributed by atoms with Gasteiger partial charge in [-0.1, -0.05) is 15.9 Å². The molecule has 0 aliphatic carbocycles. The van der Waals surface area contributed by atoms with Crippen LogP contribution in [0.25, 0.3) is 21.3 Å². The summed E-state index contributed by atoms with van der Waals surface area (Å²) in [7, 11) is 0. The molecule has 2 aromatic rings. The van der Waals surface area contributed by atoms with E-state index in [2.05, 4.69) is 30.9 Å². The zero-order chi connectivity index (χ0) is 12.4. The molecule has 0 unspecified atom stereocenters. The predicted octanol–water partition coefficient (Wildman–Crippen LogP) is 2.74. The van der Waals surface area contributed by atoms with Gasteiger partial charge < -0.3 is 4.98 Å². The molecule has 0 bridgehead atoms. The molecule has 6 nitrogen and oxygen atoms in total. The number of hydrogen-bond acceptors (Lipinski definition) is 2. The second-order valence-corrected chi connectivity index (χ2v) is 4.15. The molecule has 1 aromatic carbocycles. The first-order valence-electron chi connectivity index (χ1n) is 4.54. The lowest BCUT2D eigenvalue weighted by Crippen LogP contribution is -2.08. The zero-order valence-corrected chi connectivity index (χ0v) is 9.93. The number of H-pyrrole nitrogens is 1. The second kappa shape index (κ2) is 4.40. The number of fused-ring (bicyclic) bond motifs is 1. The van der Waals surface area contributed by atoms with E-state index in [1.165, 1.54) is 0 Å². The van der Waals surface area contributed by atoms with Crippen LogP contribution in [0.4, 0.5) is 0 Å². The van der Waals surface area contributed by atoms with Gasteiger partial charge in [0, 0.05) is 20.8 Å². The average molecular weight is 293 g/mol. The number of aromatic amines is 1. The molecule has 17 heavy (non-hydrogen) atoms. The third-order valence-electron chi connectivity index (χ3n) is 2.16. The van der Waals surface area contributed by atoms with Crippen molar-refractivity contribution in [3.8, 4) is 0 Å². The first-order valence-corrected chi connectivity index (χ1v) is 5.33. The topological polar surface area (TPSA) is 98.7 Å². The Kier molecular flexibility index (Phi) is 2.95. The smallest absolute Gasteiger partial charge is 0.265 e. The van der Waals surface area contributed by atoms with E-state index in [1.54, 1.807) is 18.2 Å². The number of carbonyl (C=O) groups is 1. The zero-order valence-electron chi connectivity index (χ0n) is 8.35. The van der Waals surface area contributed by atoms with Crippen LogP contribution in [0.1, 0.15) is 10.5 Å². The van der Waals surface area contributed by atoms with Crippen LogP contribution in [-0.2, 0) is 0 Å². The summed E-state index contributed by atoms with van der Waals surface area (Å²) < 4.78 is 0.772. The number of nitrogens with one attached hydrogen (secondary N) is 1. The van der Waals surface area contributed by atoms with Gasteiger partial charge in [0.25, 0.3) is 5.91 Å². The van der Waals surface area contributed by atoms with E-state index in [-0.39, 0.29) is 11.1 Å². The standard InChI is InChI=1S/C10H5BrN4O2/c11-5-1-2-6-7(3-5)13-8(4-9(6)16)10(17)14-15-12/h1-4H,(H,13,16). The van der Waals surface area contributed by atoms with Gasteiger partial charge in [0.2, 0.25) is 0 Å². The van der Waals surface area contributed by atoms with Crippen LogP contribution in [0.5, 0.6) is 0 Å². The number of pyridine rings is 1. The molecule has 0 atom stereocenters. The quantitative estimate of drug-likeness (QED) is 0.496. The molecule has 84 valence electrons. The molecule has 0 saturated carbocycles. The number of rotatable bonds is 1. The van der Waals surface area contributed by atoms with E-state index in [9.17, 15) is 9.59 Å². The highest BCUT2D eigenvalue weighted by Gasteiger charge is 2.07. The van der Waals surface area contributed by atoms with Gasteiger partial charge in [0.15, 0.2) is 5.43 Å². The Morgan fingerprint density at radius 2 is 2.18 bits per heavy atom. The fourth-order valence-electron chi connectivity index (χ4n) is 1.43. The third-order valence-corrected chi connectivity index (χ3v) is 2.65. The van der Waals surface area contributed by atoms with Gasteiger partial charge in [0.05, 0.1) is 11.2 Å². The van der Waals surface area contributed by atoms with Crippen molar-refractivity contribution in [2.24, 2.45) is 5.11 Å². The van der Waals surface area contributed by atoms with Crippen LogP contribution < -0.4 is 5.43 Å². The molecule has 7 heteroatoms. The van der Waals surface area contributed by atoms with Gasteiger partial charge in [-0.25, -0.2) is 0 Å². The number of aromatic nitrogens is 1. The van der Waals surface area contributed by atoms with Crippen LogP contribution >= 0.6 is 15.9 Å². The monoisotopic (exact) mass is 292 g/mol. The highest BCUT2D eigenvalue weighted by atomic mass is 79.9. The Bertz CT molecular complexity index is 716. The van der Waals surface area contributed by atoms with Gasteiger partial charge in [-0.3, -0.25) is 9.59 Å². The van der Waals surface area contributed by atoms with E-state index in [4.69, 9.17) is 5.53 Å². The fraction of sp³-hybridized carbons (Fsp3) is 0. The summed E-state index contributed by atoms with van der Waals surface area (Å²) in [5, 5.41) is 3.39. The van der Waals surface area contributed by atoms with Gasteiger partial charge in [-0.05, 0) is 28.8 Å². The van der Waals surface area contributed by atoms with E-state index < -0.39 is 5.91 Å². The summed E-state index contributed by atoms with van der Waals surface area (Å²) in [4.78, 5) is 28.2. The normalized spacial score (nSPS) is 9.94. The van der Waals surface area contributed by atoms with E-state index in [0.29, 0.717) is 10.9 Å². The maximum absolute atomic E-state index is 11.7. The summed E-state index contributed by atoms with van der Waals surface area (Å²) in [6.45, 7) is 0. The minimum Gasteiger partial charge on any atom is -0.352 e. The SMILES string of the molecule is [N-]=[N+]=NC(=O)c1cc(=O)c2ccc(Br)cc2[nH]1. The van der Waals surface area contributed by atoms with Crippen molar-refractivity contribution in [2.75, 3.05) is 0 Å². The largest absolute Gasteiger partial charge is 0.352 e. The Labute approximate surface area is 103 Å². The van der Waals surface area contributed by atoms with Gasteiger partial charge in [0.1, 0.15) is 0 Å². The molecule has 0 saturated heterocycles. The lowest BCUT2D eigenvalue weighted by molar-refractivity contribution is 0.0996. The molecular formula is C10H5BrN4O2. The molecule has 0 aliphatic rings. The molecule has 2 rings (SSSR count). The number of hydrogen-bond donors (Lipinski definition) is 1. The minimum atomic E-state index is -0.813. The van der Waals surface area contributed by atoms with Crippen LogP contribution in [0.2, 0.25) is 0 Å². The maximum atomic E-state index is 11.7. The van der Waals surface area contributed by atoms with Gasteiger partial charge in [-0.2, -0.15) is 0 Å². The summed E-state index contributed by atoms with van der Waals surface area (Å²) >= 11 is 3.26. The number of carbonyl (C=O) groups excluding carboxylic acids is 1. The van der Waals surface area contributed by atoms with E-state index in [0.717, 1.165) is 10.5 Å². The maximum Gasteiger partial charge on any atom is 0.265 e. The number of amides is 1. The van der Waals surface area contributed by atoms with Crippen LogP contribution in [0, 0.1) is 0 Å². The molecule has 0 spiro atoms. The van der Waals surface area contributed by atoms with Crippen molar-refractivity contribution in [1.82, 2.24) is 4.98 Å². The van der Waals surface area contributed by atoms with Crippen molar-refractivity contribution in [1.29, 1.82) is 0 Å². The molecule has 0 aliphatic heterocycles. The Balaban J connectivity index is 2.74. The Hall–Kier alpha value is -2.11. The van der Waals surface area contributed by atoms with Gasteiger partial charge >= 0.3 is 0 Å². The molecule has 0 radical (unpaired) electrons. The number of benzene rings is 1. The summed E-state index contributed by atoms with van der Waals surface area (Å²) in [6.07, 6.45) is 0. The highest BCUT2D eigenvalue weighted by molar-refractivity contribution is 9.10. The summed E-state index contributed by atoms with van der Waals surface area (Å²) in [5.74, 6) is -0.813. The first kappa shape index (κ1) is 11.4. The molecule has 0 fully saturated rings. The van der Waals surface area contributed by atoms with Crippen molar-refractivity contribution >= 4 is 32.7 Å². The number of halogens is 1. The van der Waals surface area contributed by atoms with Crippen LogP contribution in [0.3, 0.4) is 0 Å². The lowest BCUT2D eigenvalue weighted by Gasteiger charge is -2.01. The Morgan fingerprint density at radius 3 is 2.88 bits per heavy atom. The second-order valence-electron chi connectivity index (χ2n) is 3.23. The number of nitrogens with zero attached hydrogens (tertiary/aromatic N) is 3. The Morgan fingerprint density at radius 1 is 1.41 bits per heavy atom. The lowest BCUT2D eigenvalue weighted by atomic mass is 10.2. The average Bonchev–Trinajstić information content (AvgIpc) is 2.28. The van der Waals surface area contributed by atoms with E-state index in [1.807, 2.05) is 0 Å². The third kappa shape index (κ3) is 2.20. The van der Waals surface area contributed by atoms with Gasteiger partial charge in [-0.15, -0.1) is 0 Å². The molecule has 1 heterocycles. The number of azide groups is 1. The van der Waals surface area contributed by atoms with Crippen molar-refractivity contribution in [3.05, 3.63) is 55.1 Å². The minimum absolute atomic E-state index is 0.0293. The van der Waals surface area contributed by atoms with Crippen LogP contribution in [0.15, 0.2) is 38.6 Å². The highest BCUT2D eigenvalue weighted by Crippen LogP contribution is 2.16. The van der Waals surface area contributed by atoms with Crippen LogP contribution in [-0.4, -0.2) is 10.9 Å². The van der Waals surface area contributed by atoms with Crippen molar-refractivity contribution < 1.29 is 4.79 Å². The van der Waals surface area contributed by atoms with E-state index >= 15 is 0 Å². The van der Waals surface area contributed by atoms with Crippen molar-refractivity contribution in [3.63, 3.8) is 0 Å². The molecule has 1 amide bonds. The van der Waals surface area contributed by atoms with Crippen molar-refractivity contribution in [2.45, 2.75) is 0 Å². The predicted molar refractivity (Wildman–Crippen MR) is 65.7 cm³/mol. The molecule has 1 N–H and O–H groups in total. The molecular weight excluding hydrogens is 288 g/mol. The summed E-state index contributed by atoms with van der Waals surface area (Å²) in [5.41, 5.74) is 8.33. The first-order chi connectivity index (χ1) is 8.11. The molecule has 1 aromatic heterocycles. The fourth-order valence-corrected chi connectivity index (χ4v) is 1.80.